The Hall–Kier alpha value is -1.20. The number of carbonyl (C=O) groups is 1. The number of esters is 1. The molecule has 0 aromatic rings. The molecule has 0 saturated carbocycles. The summed E-state index contributed by atoms with van der Waals surface area (Å²) in [5.41, 5.74) is 0.211. The second kappa shape index (κ2) is 8.14. The van der Waals surface area contributed by atoms with Crippen molar-refractivity contribution >= 4 is 17.6 Å². The van der Waals surface area contributed by atoms with Crippen molar-refractivity contribution in [2.75, 3.05) is 7.11 Å². The third kappa shape index (κ3) is 5.98. The molecular formula is C12H15ClO2. The van der Waals surface area contributed by atoms with Gasteiger partial charge in [-0.1, -0.05) is 43.4 Å². The van der Waals surface area contributed by atoms with E-state index in [4.69, 9.17) is 11.6 Å². The van der Waals surface area contributed by atoms with Crippen molar-refractivity contribution in [3.05, 3.63) is 23.3 Å². The smallest absolute Gasteiger partial charge is 0.340 e. The van der Waals surface area contributed by atoms with Gasteiger partial charge in [-0.2, -0.15) is 0 Å². The predicted octanol–water partition coefficient (Wildman–Crippen LogP) is 3.03. The third-order valence-electron chi connectivity index (χ3n) is 1.67. The summed E-state index contributed by atoms with van der Waals surface area (Å²) < 4.78 is 4.53. The lowest BCUT2D eigenvalue weighted by atomic mass is 10.2. The number of allylic oxidation sites excluding steroid dienone is 1. The summed E-state index contributed by atoms with van der Waals surface area (Å²) in [6.07, 6.45) is 4.41. The number of carbonyl (C=O) groups excluding carboxylic acids is 1. The van der Waals surface area contributed by atoms with Crippen molar-refractivity contribution in [2.45, 2.75) is 26.2 Å². The number of ether oxygens (including phenoxy) is 1. The molecule has 0 atom stereocenters. The predicted molar refractivity (Wildman–Crippen MR) is 62.4 cm³/mol. The van der Waals surface area contributed by atoms with E-state index < -0.39 is 5.97 Å². The fourth-order valence-corrected chi connectivity index (χ4v) is 0.950. The zero-order chi connectivity index (χ0) is 11.7. The number of hydrogen-bond donors (Lipinski definition) is 0. The van der Waals surface area contributed by atoms with E-state index in [0.717, 1.165) is 19.3 Å². The van der Waals surface area contributed by atoms with E-state index in [1.807, 2.05) is 0 Å². The first-order chi connectivity index (χ1) is 7.13. The van der Waals surface area contributed by atoms with Gasteiger partial charge in [0, 0.05) is 17.5 Å². The Balaban J connectivity index is 4.47. The van der Waals surface area contributed by atoms with Gasteiger partial charge in [-0.05, 0) is 6.42 Å². The van der Waals surface area contributed by atoms with E-state index in [9.17, 15) is 4.79 Å². The molecule has 0 rings (SSSR count). The van der Waals surface area contributed by atoms with Crippen LogP contribution in [0.1, 0.15) is 26.2 Å². The molecule has 0 aliphatic carbocycles. The topological polar surface area (TPSA) is 26.3 Å². The largest absolute Gasteiger partial charge is 0.465 e. The van der Waals surface area contributed by atoms with Crippen LogP contribution in [0.2, 0.25) is 0 Å². The lowest BCUT2D eigenvalue weighted by Gasteiger charge is -1.99. The van der Waals surface area contributed by atoms with Crippen molar-refractivity contribution in [1.82, 2.24) is 0 Å². The monoisotopic (exact) mass is 226 g/mol. The molecule has 0 unspecified atom stereocenters. The van der Waals surface area contributed by atoms with E-state index >= 15 is 0 Å². The Bertz CT molecular complexity index is 318. The zero-order valence-corrected chi connectivity index (χ0v) is 9.86. The molecule has 0 heterocycles. The highest BCUT2D eigenvalue weighted by Gasteiger charge is 2.10. The summed E-state index contributed by atoms with van der Waals surface area (Å²) in [6.45, 7) is 5.56. The van der Waals surface area contributed by atoms with E-state index in [1.54, 1.807) is 0 Å². The van der Waals surface area contributed by atoms with Gasteiger partial charge in [0.2, 0.25) is 0 Å². The molecule has 0 radical (unpaired) electrons. The standard InChI is InChI=1S/C12H15ClO2/c1-4-5-6-7-8-9-11(10(2)13)12(14)15-3/h9H,2,4-6H2,1,3H3/b11-9+. The molecule has 0 aromatic heterocycles. The fraction of sp³-hybridized carbons (Fsp3) is 0.417. The van der Waals surface area contributed by atoms with Gasteiger partial charge in [0.15, 0.2) is 0 Å². The maximum atomic E-state index is 11.2. The molecule has 0 aromatic carbocycles. The van der Waals surface area contributed by atoms with Crippen LogP contribution in [-0.4, -0.2) is 13.1 Å². The van der Waals surface area contributed by atoms with Crippen molar-refractivity contribution < 1.29 is 9.53 Å². The van der Waals surface area contributed by atoms with Crippen molar-refractivity contribution in [2.24, 2.45) is 0 Å². The highest BCUT2D eigenvalue weighted by Crippen LogP contribution is 2.12. The highest BCUT2D eigenvalue weighted by atomic mass is 35.5. The van der Waals surface area contributed by atoms with Crippen LogP contribution in [0, 0.1) is 11.8 Å². The molecule has 3 heteroatoms. The molecule has 0 N–H and O–H groups in total. The molecule has 0 aliphatic rings. The van der Waals surface area contributed by atoms with E-state index in [0.29, 0.717) is 0 Å². The molecule has 15 heavy (non-hydrogen) atoms. The van der Waals surface area contributed by atoms with Crippen LogP contribution >= 0.6 is 11.6 Å². The number of methoxy groups -OCH3 is 1. The van der Waals surface area contributed by atoms with E-state index in [2.05, 4.69) is 30.1 Å². The Morgan fingerprint density at radius 1 is 1.60 bits per heavy atom. The van der Waals surface area contributed by atoms with Crippen LogP contribution in [-0.2, 0) is 9.53 Å². The Morgan fingerprint density at radius 3 is 2.73 bits per heavy atom. The van der Waals surface area contributed by atoms with Crippen molar-refractivity contribution in [3.8, 4) is 11.8 Å². The lowest BCUT2D eigenvalue weighted by Crippen LogP contribution is -2.04. The number of unbranched alkanes of at least 4 members (excludes halogenated alkanes) is 2. The summed E-state index contributed by atoms with van der Waals surface area (Å²) in [6, 6.07) is 0. The first-order valence-electron chi connectivity index (χ1n) is 4.75. The normalized spacial score (nSPS) is 10.2. The van der Waals surface area contributed by atoms with Gasteiger partial charge in [-0.15, -0.1) is 0 Å². The van der Waals surface area contributed by atoms with E-state index in [-0.39, 0.29) is 10.6 Å². The highest BCUT2D eigenvalue weighted by molar-refractivity contribution is 6.34. The quantitative estimate of drug-likeness (QED) is 0.242. The number of hydrogen-bond acceptors (Lipinski definition) is 2. The van der Waals surface area contributed by atoms with Crippen molar-refractivity contribution in [1.29, 1.82) is 0 Å². The van der Waals surface area contributed by atoms with Crippen LogP contribution in [0.5, 0.6) is 0 Å². The Labute approximate surface area is 96.0 Å². The van der Waals surface area contributed by atoms with Crippen LogP contribution in [0.4, 0.5) is 0 Å². The van der Waals surface area contributed by atoms with E-state index in [1.165, 1.54) is 13.2 Å². The lowest BCUT2D eigenvalue weighted by molar-refractivity contribution is -0.135. The second-order valence-electron chi connectivity index (χ2n) is 2.88. The molecule has 2 nitrogen and oxygen atoms in total. The third-order valence-corrected chi connectivity index (χ3v) is 1.88. The Morgan fingerprint density at radius 2 is 2.27 bits per heavy atom. The van der Waals surface area contributed by atoms with Gasteiger partial charge >= 0.3 is 5.97 Å². The van der Waals surface area contributed by atoms with Gasteiger partial charge < -0.3 is 4.74 Å². The second-order valence-corrected chi connectivity index (χ2v) is 3.34. The summed E-state index contributed by atoms with van der Waals surface area (Å²) in [7, 11) is 1.29. The maximum absolute atomic E-state index is 11.2. The SMILES string of the molecule is C=C(Cl)/C(=C\C#CCCCC)C(=O)OC. The van der Waals surface area contributed by atoms with Gasteiger partial charge in [-0.3, -0.25) is 0 Å². The molecule has 0 spiro atoms. The molecule has 82 valence electrons. The molecule has 0 bridgehead atoms. The van der Waals surface area contributed by atoms with Gasteiger partial charge in [-0.25, -0.2) is 4.79 Å². The molecule has 0 amide bonds. The summed E-state index contributed by atoms with van der Waals surface area (Å²) in [5.74, 6) is 5.16. The van der Waals surface area contributed by atoms with Crippen molar-refractivity contribution in [3.63, 3.8) is 0 Å². The Kier molecular flexibility index (Phi) is 7.49. The van der Waals surface area contributed by atoms with Crippen LogP contribution < -0.4 is 0 Å². The molecule has 0 aliphatic heterocycles. The maximum Gasteiger partial charge on any atom is 0.340 e. The average molecular weight is 227 g/mol. The minimum Gasteiger partial charge on any atom is -0.465 e. The van der Waals surface area contributed by atoms with Crippen LogP contribution in [0.25, 0.3) is 0 Å². The minimum atomic E-state index is -0.514. The first kappa shape index (κ1) is 13.8. The number of halogens is 1. The molecular weight excluding hydrogens is 212 g/mol. The minimum absolute atomic E-state index is 0.145. The summed E-state index contributed by atoms with van der Waals surface area (Å²) >= 11 is 5.63. The summed E-state index contributed by atoms with van der Waals surface area (Å²) in [5, 5.41) is 0.145. The van der Waals surface area contributed by atoms with Crippen LogP contribution in [0.15, 0.2) is 23.3 Å². The van der Waals surface area contributed by atoms with Gasteiger partial charge in [0.05, 0.1) is 12.7 Å². The fourth-order valence-electron chi connectivity index (χ4n) is 0.818. The molecule has 0 saturated heterocycles. The zero-order valence-electron chi connectivity index (χ0n) is 9.10. The molecule has 0 fully saturated rings. The average Bonchev–Trinajstić information content (AvgIpc) is 2.22. The van der Waals surface area contributed by atoms with Gasteiger partial charge in [0.25, 0.3) is 0 Å². The van der Waals surface area contributed by atoms with Gasteiger partial charge in [0.1, 0.15) is 0 Å². The van der Waals surface area contributed by atoms with Crippen LogP contribution in [0.3, 0.4) is 0 Å². The first-order valence-corrected chi connectivity index (χ1v) is 5.13. The number of rotatable bonds is 4. The summed E-state index contributed by atoms with van der Waals surface area (Å²) in [4.78, 5) is 11.2.